The Hall–Kier alpha value is -2.40. The van der Waals surface area contributed by atoms with E-state index in [-0.39, 0.29) is 5.56 Å². The predicted molar refractivity (Wildman–Crippen MR) is 93.9 cm³/mol. The van der Waals surface area contributed by atoms with Gasteiger partial charge in [0.2, 0.25) is 0 Å². The van der Waals surface area contributed by atoms with Crippen molar-refractivity contribution in [2.75, 3.05) is 10.6 Å². The van der Waals surface area contributed by atoms with Crippen molar-refractivity contribution < 1.29 is 9.90 Å². The van der Waals surface area contributed by atoms with Crippen molar-refractivity contribution in [1.82, 2.24) is 0 Å². The predicted octanol–water partition coefficient (Wildman–Crippen LogP) is 4.12. The lowest BCUT2D eigenvalue weighted by Crippen LogP contribution is -2.20. The largest absolute Gasteiger partial charge is 0.478 e. The second kappa shape index (κ2) is 6.58. The maximum absolute atomic E-state index is 11.0. The summed E-state index contributed by atoms with van der Waals surface area (Å²) in [4.78, 5) is 11.0. The van der Waals surface area contributed by atoms with Gasteiger partial charge in [0.1, 0.15) is 0 Å². The van der Waals surface area contributed by atoms with Gasteiger partial charge in [-0.25, -0.2) is 4.79 Å². The molecule has 22 heavy (non-hydrogen) atoms. The zero-order chi connectivity index (χ0) is 16.3. The molecule has 4 nitrogen and oxygen atoms in total. The van der Waals surface area contributed by atoms with E-state index in [1.54, 1.807) is 18.2 Å². The van der Waals surface area contributed by atoms with Crippen molar-refractivity contribution in [3.63, 3.8) is 0 Å². The van der Waals surface area contributed by atoms with Crippen LogP contribution in [0.4, 0.5) is 11.4 Å². The van der Waals surface area contributed by atoms with Crippen LogP contribution in [0.3, 0.4) is 0 Å². The fraction of sp³-hybridized carbons (Fsp3) is 0.176. The molecule has 0 aliphatic rings. The highest BCUT2D eigenvalue weighted by atomic mass is 32.1. The molecule has 0 atom stereocenters. The SMILES string of the molecule is Cc1cc(C)cc(NC(=S)Nc2cc(C(=O)O)ccc2C)c1. The number of hydrogen-bond donors (Lipinski definition) is 3. The number of carboxylic acid groups (broad SMARTS) is 1. The topological polar surface area (TPSA) is 61.4 Å². The molecular weight excluding hydrogens is 296 g/mol. The van der Waals surface area contributed by atoms with Gasteiger partial charge in [0, 0.05) is 11.4 Å². The van der Waals surface area contributed by atoms with Crippen LogP contribution in [0.25, 0.3) is 0 Å². The van der Waals surface area contributed by atoms with E-state index in [4.69, 9.17) is 17.3 Å². The second-order valence-corrected chi connectivity index (χ2v) is 5.70. The molecule has 5 heteroatoms. The Morgan fingerprint density at radius 2 is 1.64 bits per heavy atom. The van der Waals surface area contributed by atoms with Crippen molar-refractivity contribution in [3.8, 4) is 0 Å². The Morgan fingerprint density at radius 1 is 1.00 bits per heavy atom. The van der Waals surface area contributed by atoms with Crippen molar-refractivity contribution >= 4 is 34.7 Å². The summed E-state index contributed by atoms with van der Waals surface area (Å²) >= 11 is 5.30. The molecule has 0 spiro atoms. The molecule has 2 aromatic carbocycles. The summed E-state index contributed by atoms with van der Waals surface area (Å²) in [7, 11) is 0. The van der Waals surface area contributed by atoms with Gasteiger partial charge in [0.05, 0.1) is 5.56 Å². The van der Waals surface area contributed by atoms with Gasteiger partial charge in [-0.1, -0.05) is 12.1 Å². The molecule has 0 heterocycles. The zero-order valence-corrected chi connectivity index (χ0v) is 13.5. The van der Waals surface area contributed by atoms with E-state index in [2.05, 4.69) is 16.7 Å². The van der Waals surface area contributed by atoms with E-state index in [0.29, 0.717) is 10.8 Å². The van der Waals surface area contributed by atoms with Gasteiger partial charge in [-0.15, -0.1) is 0 Å². The van der Waals surface area contributed by atoms with Crippen molar-refractivity contribution in [1.29, 1.82) is 0 Å². The first-order chi connectivity index (χ1) is 10.3. The smallest absolute Gasteiger partial charge is 0.335 e. The van der Waals surface area contributed by atoms with Gasteiger partial charge in [-0.3, -0.25) is 0 Å². The van der Waals surface area contributed by atoms with Gasteiger partial charge in [-0.05, 0) is 73.9 Å². The zero-order valence-electron chi connectivity index (χ0n) is 12.7. The summed E-state index contributed by atoms with van der Waals surface area (Å²) in [5.74, 6) is -0.962. The van der Waals surface area contributed by atoms with Gasteiger partial charge in [0.15, 0.2) is 5.11 Å². The maximum atomic E-state index is 11.0. The molecule has 3 N–H and O–H groups in total. The van der Waals surface area contributed by atoms with E-state index >= 15 is 0 Å². The molecule has 0 aliphatic heterocycles. The minimum Gasteiger partial charge on any atom is -0.478 e. The molecule has 0 bridgehead atoms. The molecule has 0 saturated heterocycles. The third-order valence-corrected chi connectivity index (χ3v) is 3.42. The minimum atomic E-state index is -0.962. The number of rotatable bonds is 3. The first-order valence-corrected chi connectivity index (χ1v) is 7.26. The van der Waals surface area contributed by atoms with Crippen LogP contribution in [-0.4, -0.2) is 16.2 Å². The number of hydrogen-bond acceptors (Lipinski definition) is 2. The van der Waals surface area contributed by atoms with E-state index in [9.17, 15) is 4.79 Å². The Balaban J connectivity index is 2.15. The summed E-state index contributed by atoms with van der Waals surface area (Å²) in [5, 5.41) is 15.7. The van der Waals surface area contributed by atoms with Crippen LogP contribution in [0.1, 0.15) is 27.0 Å². The number of aromatic carboxylic acids is 1. The average molecular weight is 314 g/mol. The van der Waals surface area contributed by atoms with Crippen LogP contribution in [-0.2, 0) is 0 Å². The first-order valence-electron chi connectivity index (χ1n) is 6.85. The van der Waals surface area contributed by atoms with Crippen molar-refractivity contribution in [2.24, 2.45) is 0 Å². The van der Waals surface area contributed by atoms with Crippen molar-refractivity contribution in [2.45, 2.75) is 20.8 Å². The van der Waals surface area contributed by atoms with Crippen LogP contribution >= 0.6 is 12.2 Å². The summed E-state index contributed by atoms with van der Waals surface area (Å²) in [6, 6.07) is 11.0. The number of aryl methyl sites for hydroxylation is 3. The molecule has 0 aliphatic carbocycles. The van der Waals surface area contributed by atoms with Gasteiger partial charge in [-0.2, -0.15) is 0 Å². The lowest BCUT2D eigenvalue weighted by molar-refractivity contribution is 0.0697. The maximum Gasteiger partial charge on any atom is 0.335 e. The highest BCUT2D eigenvalue weighted by molar-refractivity contribution is 7.80. The highest BCUT2D eigenvalue weighted by Gasteiger charge is 2.08. The third kappa shape index (κ3) is 4.05. The number of nitrogens with one attached hydrogen (secondary N) is 2. The molecule has 114 valence electrons. The Bertz CT molecular complexity index is 721. The van der Waals surface area contributed by atoms with Gasteiger partial charge in [0.25, 0.3) is 0 Å². The molecule has 0 saturated carbocycles. The van der Waals surface area contributed by atoms with E-state index in [1.165, 1.54) is 0 Å². The summed E-state index contributed by atoms with van der Waals surface area (Å²) in [6.45, 7) is 5.94. The van der Waals surface area contributed by atoms with E-state index < -0.39 is 5.97 Å². The molecule has 0 amide bonds. The Labute approximate surface area is 135 Å². The number of carbonyl (C=O) groups is 1. The Kier molecular flexibility index (Phi) is 4.78. The number of anilines is 2. The highest BCUT2D eigenvalue weighted by Crippen LogP contribution is 2.18. The number of thiocarbonyl (C=S) groups is 1. The molecule has 0 aromatic heterocycles. The third-order valence-electron chi connectivity index (χ3n) is 3.21. The van der Waals surface area contributed by atoms with Crippen LogP contribution in [0, 0.1) is 20.8 Å². The molecular formula is C17H18N2O2S. The number of carboxylic acids is 1. The van der Waals surface area contributed by atoms with Gasteiger partial charge < -0.3 is 15.7 Å². The van der Waals surface area contributed by atoms with Crippen LogP contribution in [0.15, 0.2) is 36.4 Å². The summed E-state index contributed by atoms with van der Waals surface area (Å²) < 4.78 is 0. The summed E-state index contributed by atoms with van der Waals surface area (Å²) in [5.41, 5.74) is 5.03. The van der Waals surface area contributed by atoms with Crippen LogP contribution < -0.4 is 10.6 Å². The summed E-state index contributed by atoms with van der Waals surface area (Å²) in [6.07, 6.45) is 0. The van der Waals surface area contributed by atoms with Crippen molar-refractivity contribution in [3.05, 3.63) is 58.7 Å². The standard InChI is InChI=1S/C17H18N2O2S/c1-10-6-11(2)8-14(7-10)18-17(22)19-15-9-13(16(20)21)5-4-12(15)3/h4-9H,1-3H3,(H,20,21)(H2,18,19,22). The lowest BCUT2D eigenvalue weighted by atomic mass is 10.1. The molecule has 2 aromatic rings. The normalized spacial score (nSPS) is 10.1. The fourth-order valence-corrected chi connectivity index (χ4v) is 2.45. The molecule has 0 radical (unpaired) electrons. The first kappa shape index (κ1) is 16.0. The van der Waals surface area contributed by atoms with Gasteiger partial charge >= 0.3 is 5.97 Å². The fourth-order valence-electron chi connectivity index (χ4n) is 2.22. The number of benzene rings is 2. The van der Waals surface area contributed by atoms with Crippen LogP contribution in [0.2, 0.25) is 0 Å². The minimum absolute atomic E-state index is 0.224. The lowest BCUT2D eigenvalue weighted by Gasteiger charge is -2.14. The molecule has 0 fully saturated rings. The monoisotopic (exact) mass is 314 g/mol. The molecule has 2 rings (SSSR count). The average Bonchev–Trinajstić information content (AvgIpc) is 2.39. The molecule has 0 unspecified atom stereocenters. The Morgan fingerprint density at radius 3 is 2.23 bits per heavy atom. The van der Waals surface area contributed by atoms with Crippen LogP contribution in [0.5, 0.6) is 0 Å². The van der Waals surface area contributed by atoms with E-state index in [0.717, 1.165) is 22.4 Å². The quantitative estimate of drug-likeness (QED) is 0.744. The second-order valence-electron chi connectivity index (χ2n) is 5.29. The van der Waals surface area contributed by atoms with E-state index in [1.807, 2.05) is 32.9 Å².